The van der Waals surface area contributed by atoms with Crippen molar-refractivity contribution in [3.8, 4) is 22.4 Å². The Balaban J connectivity index is 1.61. The van der Waals surface area contributed by atoms with Crippen LogP contribution >= 0.6 is 0 Å². The molecule has 0 spiro atoms. The molecule has 9 heteroatoms. The molecule has 2 aromatic carbocycles. The summed E-state index contributed by atoms with van der Waals surface area (Å²) >= 11 is 0. The molecule has 1 aliphatic rings. The van der Waals surface area contributed by atoms with E-state index in [9.17, 15) is 12.8 Å². The first-order valence-corrected chi connectivity index (χ1v) is 13.2. The average molecular weight is 492 g/mol. The second-order valence-corrected chi connectivity index (χ2v) is 10.6. The summed E-state index contributed by atoms with van der Waals surface area (Å²) in [4.78, 5) is 13.7. The Morgan fingerprint density at radius 3 is 2.51 bits per heavy atom. The SMILES string of the molecule is Nc1nc2ccc(-c3ncccc3-c3cc(F)ccc3S(N)(=O)=O)cc2nc1CC1CCCCC1. The number of nitrogens with two attached hydrogens (primary N) is 2. The highest BCUT2D eigenvalue weighted by Gasteiger charge is 2.21. The average Bonchev–Trinajstić information content (AvgIpc) is 2.84. The Bertz CT molecular complexity index is 1520. The maximum Gasteiger partial charge on any atom is 0.238 e. The standard InChI is InChI=1S/C26H26FN5O2S/c27-18-9-11-24(35(29,33)34)20(15-18)19-7-4-12-30-25(19)17-8-10-21-22(14-17)31-23(26(28)32-21)13-16-5-2-1-3-6-16/h4,7-12,14-16H,1-3,5-6,13H2,(H2,28,32)(H2,29,33,34). The zero-order valence-electron chi connectivity index (χ0n) is 19.1. The van der Waals surface area contributed by atoms with Crippen LogP contribution < -0.4 is 10.9 Å². The summed E-state index contributed by atoms with van der Waals surface area (Å²) < 4.78 is 38.5. The minimum atomic E-state index is -4.09. The third-order valence-electron chi connectivity index (χ3n) is 6.59. The molecule has 0 saturated heterocycles. The number of hydrogen-bond donors (Lipinski definition) is 2. The molecule has 4 N–H and O–H groups in total. The highest BCUT2D eigenvalue weighted by Crippen LogP contribution is 2.35. The monoisotopic (exact) mass is 491 g/mol. The second-order valence-electron chi connectivity index (χ2n) is 9.05. The van der Waals surface area contributed by atoms with Crippen molar-refractivity contribution >= 4 is 26.9 Å². The van der Waals surface area contributed by atoms with E-state index in [1.165, 1.54) is 38.2 Å². The summed E-state index contributed by atoms with van der Waals surface area (Å²) in [5, 5.41) is 5.41. The van der Waals surface area contributed by atoms with Crippen LogP contribution in [-0.4, -0.2) is 23.4 Å². The first kappa shape index (κ1) is 23.3. The lowest BCUT2D eigenvalue weighted by Crippen LogP contribution is -2.13. The number of nitrogen functional groups attached to an aromatic ring is 1. The fourth-order valence-electron chi connectivity index (χ4n) is 4.88. The van der Waals surface area contributed by atoms with Gasteiger partial charge in [0.05, 0.1) is 27.3 Å². The van der Waals surface area contributed by atoms with E-state index in [1.54, 1.807) is 18.3 Å². The van der Waals surface area contributed by atoms with Crippen LogP contribution in [-0.2, 0) is 16.4 Å². The van der Waals surface area contributed by atoms with Crippen LogP contribution in [0.4, 0.5) is 10.2 Å². The Kier molecular flexibility index (Phi) is 6.21. The van der Waals surface area contributed by atoms with E-state index in [1.807, 2.05) is 18.2 Å². The first-order valence-electron chi connectivity index (χ1n) is 11.6. The van der Waals surface area contributed by atoms with Gasteiger partial charge < -0.3 is 5.73 Å². The lowest BCUT2D eigenvalue weighted by Gasteiger charge is -2.21. The zero-order chi connectivity index (χ0) is 24.6. The van der Waals surface area contributed by atoms with E-state index < -0.39 is 15.8 Å². The lowest BCUT2D eigenvalue weighted by molar-refractivity contribution is 0.354. The molecule has 2 heterocycles. The van der Waals surface area contributed by atoms with Crippen molar-refractivity contribution in [2.24, 2.45) is 11.1 Å². The summed E-state index contributed by atoms with van der Waals surface area (Å²) in [5.41, 5.74) is 10.1. The summed E-state index contributed by atoms with van der Waals surface area (Å²) in [6.45, 7) is 0. The van der Waals surface area contributed by atoms with Crippen LogP contribution in [0.15, 0.2) is 59.6 Å². The van der Waals surface area contributed by atoms with Gasteiger partial charge in [0.1, 0.15) is 11.6 Å². The number of hydrogen-bond acceptors (Lipinski definition) is 6. The normalized spacial score (nSPS) is 14.9. The number of primary sulfonamides is 1. The number of halogens is 1. The van der Waals surface area contributed by atoms with E-state index in [2.05, 4.69) is 9.97 Å². The Hall–Kier alpha value is -3.43. The van der Waals surface area contributed by atoms with Crippen molar-refractivity contribution in [3.63, 3.8) is 0 Å². The van der Waals surface area contributed by atoms with E-state index in [0.717, 1.165) is 24.2 Å². The van der Waals surface area contributed by atoms with Crippen molar-refractivity contribution in [2.75, 3.05) is 5.73 Å². The third-order valence-corrected chi connectivity index (χ3v) is 7.56. The summed E-state index contributed by atoms with van der Waals surface area (Å²) in [6.07, 6.45) is 8.51. The molecule has 1 aliphatic carbocycles. The third kappa shape index (κ3) is 4.87. The molecule has 1 saturated carbocycles. The minimum absolute atomic E-state index is 0.150. The summed E-state index contributed by atoms with van der Waals surface area (Å²) in [7, 11) is -4.09. The van der Waals surface area contributed by atoms with Gasteiger partial charge in [0.15, 0.2) is 0 Å². The van der Waals surface area contributed by atoms with Crippen molar-refractivity contribution in [2.45, 2.75) is 43.4 Å². The van der Waals surface area contributed by atoms with Gasteiger partial charge in [-0.3, -0.25) is 4.98 Å². The quantitative estimate of drug-likeness (QED) is 0.411. The molecule has 2 aromatic heterocycles. The number of pyridine rings is 1. The van der Waals surface area contributed by atoms with Crippen LogP contribution in [0.25, 0.3) is 33.4 Å². The van der Waals surface area contributed by atoms with Gasteiger partial charge in [0.25, 0.3) is 0 Å². The van der Waals surface area contributed by atoms with Crippen molar-refractivity contribution in [1.82, 2.24) is 15.0 Å². The van der Waals surface area contributed by atoms with Crippen LogP contribution in [0.1, 0.15) is 37.8 Å². The topological polar surface area (TPSA) is 125 Å². The zero-order valence-corrected chi connectivity index (χ0v) is 19.9. The second kappa shape index (κ2) is 9.31. The number of nitrogens with zero attached hydrogens (tertiary/aromatic N) is 3. The Morgan fingerprint density at radius 2 is 1.74 bits per heavy atom. The lowest BCUT2D eigenvalue weighted by atomic mass is 9.86. The minimum Gasteiger partial charge on any atom is -0.382 e. The van der Waals surface area contributed by atoms with Gasteiger partial charge in [0, 0.05) is 22.9 Å². The molecular weight excluding hydrogens is 465 g/mol. The summed E-state index contributed by atoms with van der Waals surface area (Å²) in [5.74, 6) is 0.439. The maximum atomic E-state index is 14.2. The molecule has 35 heavy (non-hydrogen) atoms. The highest BCUT2D eigenvalue weighted by molar-refractivity contribution is 7.89. The molecule has 180 valence electrons. The number of benzene rings is 2. The number of rotatable bonds is 5. The molecule has 4 aromatic rings. The van der Waals surface area contributed by atoms with Crippen molar-refractivity contribution < 1.29 is 12.8 Å². The Morgan fingerprint density at radius 1 is 0.943 bits per heavy atom. The van der Waals surface area contributed by atoms with Crippen LogP contribution in [0.5, 0.6) is 0 Å². The van der Waals surface area contributed by atoms with Gasteiger partial charge in [-0.2, -0.15) is 0 Å². The predicted octanol–water partition coefficient (Wildman–Crippen LogP) is 4.85. The molecule has 0 bridgehead atoms. The van der Waals surface area contributed by atoms with Crippen LogP contribution in [0.2, 0.25) is 0 Å². The molecule has 0 aliphatic heterocycles. The predicted molar refractivity (Wildman–Crippen MR) is 134 cm³/mol. The fraction of sp³-hybridized carbons (Fsp3) is 0.269. The molecule has 0 radical (unpaired) electrons. The first-order chi connectivity index (χ1) is 16.8. The van der Waals surface area contributed by atoms with Gasteiger partial charge in [-0.05, 0) is 48.7 Å². The molecule has 0 unspecified atom stereocenters. The van der Waals surface area contributed by atoms with Crippen molar-refractivity contribution in [1.29, 1.82) is 0 Å². The van der Waals surface area contributed by atoms with Gasteiger partial charge in [-0.1, -0.05) is 44.2 Å². The summed E-state index contributed by atoms with van der Waals surface area (Å²) in [6, 6.07) is 12.2. The highest BCUT2D eigenvalue weighted by atomic mass is 32.2. The molecular formula is C26H26FN5O2S. The fourth-order valence-corrected chi connectivity index (χ4v) is 5.61. The van der Waals surface area contributed by atoms with Gasteiger partial charge in [0.2, 0.25) is 10.0 Å². The Labute approximate surface area is 203 Å². The molecule has 1 fully saturated rings. The number of anilines is 1. The molecule has 7 nitrogen and oxygen atoms in total. The van der Waals surface area contributed by atoms with Gasteiger partial charge in [-0.15, -0.1) is 0 Å². The number of sulfonamides is 1. The van der Waals surface area contributed by atoms with Crippen LogP contribution in [0.3, 0.4) is 0 Å². The van der Waals surface area contributed by atoms with E-state index in [0.29, 0.717) is 39.6 Å². The van der Waals surface area contributed by atoms with Gasteiger partial charge in [-0.25, -0.2) is 27.9 Å². The van der Waals surface area contributed by atoms with Crippen LogP contribution in [0, 0.1) is 11.7 Å². The largest absolute Gasteiger partial charge is 0.382 e. The molecule has 0 amide bonds. The smallest absolute Gasteiger partial charge is 0.238 e. The number of fused-ring (bicyclic) bond motifs is 1. The maximum absolute atomic E-state index is 14.2. The van der Waals surface area contributed by atoms with E-state index in [-0.39, 0.29) is 10.5 Å². The molecule has 5 rings (SSSR count). The van der Waals surface area contributed by atoms with Crippen molar-refractivity contribution in [3.05, 3.63) is 66.2 Å². The van der Waals surface area contributed by atoms with E-state index in [4.69, 9.17) is 15.9 Å². The van der Waals surface area contributed by atoms with Gasteiger partial charge >= 0.3 is 0 Å². The van der Waals surface area contributed by atoms with E-state index >= 15 is 0 Å². The number of aromatic nitrogens is 3. The molecule has 0 atom stereocenters.